The Morgan fingerprint density at radius 2 is 2.19 bits per heavy atom. The fraction of sp³-hybridized carbons (Fsp3) is 0.923. The molecular weight excluding hydrogens is 200 g/mol. The fourth-order valence-electron chi connectivity index (χ4n) is 2.65. The number of rotatable bonds is 4. The first-order valence-corrected chi connectivity index (χ1v) is 6.53. The maximum atomic E-state index is 12.1. The zero-order chi connectivity index (χ0) is 12.1. The Labute approximate surface area is 99.4 Å². The topological polar surface area (TPSA) is 46.3 Å². The van der Waals surface area contributed by atoms with Gasteiger partial charge in [0.15, 0.2) is 0 Å². The van der Waals surface area contributed by atoms with Gasteiger partial charge in [0.25, 0.3) is 0 Å². The number of nitrogens with two attached hydrogens (primary N) is 1. The molecular formula is C13H26N2O. The van der Waals surface area contributed by atoms with Crippen molar-refractivity contribution in [1.29, 1.82) is 0 Å². The Balaban J connectivity index is 2.48. The summed E-state index contributed by atoms with van der Waals surface area (Å²) in [4.78, 5) is 14.1. The van der Waals surface area contributed by atoms with E-state index in [2.05, 4.69) is 6.92 Å². The third kappa shape index (κ3) is 3.48. The molecule has 0 aromatic rings. The average Bonchev–Trinajstić information content (AvgIpc) is 2.27. The zero-order valence-corrected chi connectivity index (χ0v) is 10.9. The lowest BCUT2D eigenvalue weighted by molar-refractivity contribution is -0.136. The van der Waals surface area contributed by atoms with Crippen LogP contribution in [0.5, 0.6) is 0 Å². The van der Waals surface area contributed by atoms with E-state index in [4.69, 9.17) is 5.73 Å². The van der Waals surface area contributed by atoms with Crippen molar-refractivity contribution in [2.75, 3.05) is 13.6 Å². The van der Waals surface area contributed by atoms with Gasteiger partial charge >= 0.3 is 0 Å². The van der Waals surface area contributed by atoms with Gasteiger partial charge in [0, 0.05) is 19.0 Å². The molecule has 0 aliphatic heterocycles. The molecule has 0 aromatic carbocycles. The number of hydrogen-bond acceptors (Lipinski definition) is 2. The standard InChI is InChI=1S/C13H26N2O/c1-10-5-4-6-12(9-10)15(3)13(16)11(2)7-8-14/h10-12H,4-9,14H2,1-3H3. The summed E-state index contributed by atoms with van der Waals surface area (Å²) in [5, 5.41) is 0. The van der Waals surface area contributed by atoms with Gasteiger partial charge in [-0.15, -0.1) is 0 Å². The number of carbonyl (C=O) groups excluding carboxylic acids is 1. The molecule has 1 aliphatic rings. The van der Waals surface area contributed by atoms with Crippen molar-refractivity contribution >= 4 is 5.91 Å². The number of amides is 1. The Kier molecular flexibility index (Phi) is 5.26. The Morgan fingerprint density at radius 3 is 2.75 bits per heavy atom. The Morgan fingerprint density at radius 1 is 1.50 bits per heavy atom. The predicted molar refractivity (Wildman–Crippen MR) is 67.0 cm³/mol. The van der Waals surface area contributed by atoms with Crippen LogP contribution in [0.3, 0.4) is 0 Å². The molecule has 1 fully saturated rings. The van der Waals surface area contributed by atoms with Crippen LogP contribution < -0.4 is 5.73 Å². The summed E-state index contributed by atoms with van der Waals surface area (Å²) in [5.41, 5.74) is 5.50. The molecule has 1 amide bonds. The van der Waals surface area contributed by atoms with Crippen LogP contribution >= 0.6 is 0 Å². The smallest absolute Gasteiger partial charge is 0.225 e. The second-order valence-electron chi connectivity index (χ2n) is 5.35. The molecule has 0 aromatic heterocycles. The Hall–Kier alpha value is -0.570. The number of nitrogens with zero attached hydrogens (tertiary/aromatic N) is 1. The van der Waals surface area contributed by atoms with Crippen molar-refractivity contribution < 1.29 is 4.79 Å². The van der Waals surface area contributed by atoms with Crippen LogP contribution in [0.25, 0.3) is 0 Å². The van der Waals surface area contributed by atoms with E-state index in [1.54, 1.807) is 0 Å². The first-order valence-electron chi connectivity index (χ1n) is 6.53. The molecule has 0 bridgehead atoms. The van der Waals surface area contributed by atoms with E-state index in [9.17, 15) is 4.79 Å². The molecule has 1 saturated carbocycles. The van der Waals surface area contributed by atoms with Crippen LogP contribution in [0.2, 0.25) is 0 Å². The highest BCUT2D eigenvalue weighted by Gasteiger charge is 2.27. The van der Waals surface area contributed by atoms with Crippen LogP contribution in [0.15, 0.2) is 0 Å². The van der Waals surface area contributed by atoms with Gasteiger partial charge in [-0.1, -0.05) is 26.7 Å². The fourth-order valence-corrected chi connectivity index (χ4v) is 2.65. The minimum absolute atomic E-state index is 0.0761. The summed E-state index contributed by atoms with van der Waals surface area (Å²) in [7, 11) is 1.96. The van der Waals surface area contributed by atoms with Crippen molar-refractivity contribution in [3.05, 3.63) is 0 Å². The molecule has 0 saturated heterocycles. The van der Waals surface area contributed by atoms with Gasteiger partial charge in [-0.05, 0) is 31.7 Å². The van der Waals surface area contributed by atoms with E-state index in [0.29, 0.717) is 12.6 Å². The molecule has 3 atom stereocenters. The Bertz CT molecular complexity index is 230. The minimum Gasteiger partial charge on any atom is -0.343 e. The largest absolute Gasteiger partial charge is 0.343 e. The third-order valence-electron chi connectivity index (χ3n) is 3.83. The molecule has 0 radical (unpaired) electrons. The molecule has 1 rings (SSSR count). The van der Waals surface area contributed by atoms with E-state index in [1.807, 2.05) is 18.9 Å². The van der Waals surface area contributed by atoms with Crippen molar-refractivity contribution in [3.63, 3.8) is 0 Å². The summed E-state index contributed by atoms with van der Waals surface area (Å²) in [6.07, 6.45) is 5.70. The van der Waals surface area contributed by atoms with Crippen LogP contribution in [-0.2, 0) is 4.79 Å². The van der Waals surface area contributed by atoms with Gasteiger partial charge in [-0.3, -0.25) is 4.79 Å². The van der Waals surface area contributed by atoms with Gasteiger partial charge in [-0.2, -0.15) is 0 Å². The number of carbonyl (C=O) groups is 1. The first kappa shape index (κ1) is 13.5. The lowest BCUT2D eigenvalue weighted by Gasteiger charge is -2.35. The molecule has 2 N–H and O–H groups in total. The van der Waals surface area contributed by atoms with Gasteiger partial charge in [-0.25, -0.2) is 0 Å². The molecule has 16 heavy (non-hydrogen) atoms. The molecule has 1 aliphatic carbocycles. The highest BCUT2D eigenvalue weighted by molar-refractivity contribution is 5.78. The normalized spacial score (nSPS) is 27.5. The van der Waals surface area contributed by atoms with Crippen molar-refractivity contribution in [2.24, 2.45) is 17.6 Å². The van der Waals surface area contributed by atoms with E-state index in [-0.39, 0.29) is 11.8 Å². The third-order valence-corrected chi connectivity index (χ3v) is 3.83. The maximum absolute atomic E-state index is 12.1. The highest BCUT2D eigenvalue weighted by Crippen LogP contribution is 2.27. The molecule has 0 spiro atoms. The highest BCUT2D eigenvalue weighted by atomic mass is 16.2. The SMILES string of the molecule is CC1CCCC(N(C)C(=O)C(C)CCN)C1. The summed E-state index contributed by atoms with van der Waals surface area (Å²) in [6.45, 7) is 4.87. The monoisotopic (exact) mass is 226 g/mol. The van der Waals surface area contributed by atoms with Gasteiger partial charge in [0.2, 0.25) is 5.91 Å². The summed E-state index contributed by atoms with van der Waals surface area (Å²) < 4.78 is 0. The van der Waals surface area contributed by atoms with Gasteiger partial charge in [0.1, 0.15) is 0 Å². The lowest BCUT2D eigenvalue weighted by Crippen LogP contribution is -2.42. The van der Waals surface area contributed by atoms with E-state index < -0.39 is 0 Å². The molecule has 0 heterocycles. The average molecular weight is 226 g/mol. The van der Waals surface area contributed by atoms with Crippen LogP contribution in [-0.4, -0.2) is 30.4 Å². The van der Waals surface area contributed by atoms with Crippen LogP contribution in [0, 0.1) is 11.8 Å². The minimum atomic E-state index is 0.0761. The van der Waals surface area contributed by atoms with Crippen molar-refractivity contribution in [2.45, 2.75) is 52.0 Å². The molecule has 3 nitrogen and oxygen atoms in total. The number of hydrogen-bond donors (Lipinski definition) is 1. The zero-order valence-electron chi connectivity index (χ0n) is 10.9. The second kappa shape index (κ2) is 6.24. The quantitative estimate of drug-likeness (QED) is 0.797. The summed E-state index contributed by atoms with van der Waals surface area (Å²) in [6, 6.07) is 0.455. The lowest BCUT2D eigenvalue weighted by atomic mass is 9.86. The predicted octanol–water partition coefficient (Wildman–Crippen LogP) is 2.01. The van der Waals surface area contributed by atoms with Gasteiger partial charge in [0.05, 0.1) is 0 Å². The van der Waals surface area contributed by atoms with E-state index >= 15 is 0 Å². The summed E-state index contributed by atoms with van der Waals surface area (Å²) in [5.74, 6) is 1.11. The summed E-state index contributed by atoms with van der Waals surface area (Å²) >= 11 is 0. The van der Waals surface area contributed by atoms with Crippen LogP contribution in [0.1, 0.15) is 46.0 Å². The van der Waals surface area contributed by atoms with E-state index in [0.717, 1.165) is 18.8 Å². The first-order chi connectivity index (χ1) is 7.56. The molecule has 94 valence electrons. The van der Waals surface area contributed by atoms with Crippen LogP contribution in [0.4, 0.5) is 0 Å². The van der Waals surface area contributed by atoms with E-state index in [1.165, 1.54) is 19.3 Å². The van der Waals surface area contributed by atoms with Crippen molar-refractivity contribution in [3.8, 4) is 0 Å². The van der Waals surface area contributed by atoms with Gasteiger partial charge < -0.3 is 10.6 Å². The second-order valence-corrected chi connectivity index (χ2v) is 5.35. The molecule has 3 heteroatoms. The maximum Gasteiger partial charge on any atom is 0.225 e. The van der Waals surface area contributed by atoms with Crippen molar-refractivity contribution in [1.82, 2.24) is 4.90 Å². The molecule has 3 unspecified atom stereocenters.